The van der Waals surface area contributed by atoms with E-state index in [1.807, 2.05) is 18.2 Å². The van der Waals surface area contributed by atoms with Gasteiger partial charge in [0.15, 0.2) is 5.58 Å². The van der Waals surface area contributed by atoms with Gasteiger partial charge in [-0.2, -0.15) is 0 Å². The fourth-order valence-corrected chi connectivity index (χ4v) is 2.84. The monoisotopic (exact) mass is 262 g/mol. The van der Waals surface area contributed by atoms with Crippen molar-refractivity contribution in [2.24, 2.45) is 11.7 Å². The molecule has 5 nitrogen and oxygen atoms in total. The van der Waals surface area contributed by atoms with E-state index in [0.717, 1.165) is 17.5 Å². The summed E-state index contributed by atoms with van der Waals surface area (Å²) in [6, 6.07) is 5.89. The van der Waals surface area contributed by atoms with Crippen molar-refractivity contribution in [2.45, 2.75) is 18.8 Å². The Balaban J connectivity index is 2.03. The van der Waals surface area contributed by atoms with Crippen LogP contribution >= 0.6 is 0 Å². The van der Waals surface area contributed by atoms with E-state index in [1.165, 1.54) is 0 Å². The number of nitrogens with two attached hydrogens (primary N) is 1. The molecule has 19 heavy (non-hydrogen) atoms. The number of nitrogens with one attached hydrogen (secondary N) is 1. The van der Waals surface area contributed by atoms with Gasteiger partial charge in [-0.1, -0.05) is 13.0 Å². The number of ether oxygens (including phenoxy) is 1. The second-order valence-corrected chi connectivity index (χ2v) is 5.35. The van der Waals surface area contributed by atoms with Crippen LogP contribution in [0.3, 0.4) is 0 Å². The first-order valence-corrected chi connectivity index (χ1v) is 6.57. The van der Waals surface area contributed by atoms with E-state index in [1.54, 1.807) is 0 Å². The molecule has 2 heterocycles. The SMILES string of the molecule is CC(CCN)C1(c2ccc3[nH]c(=O)oc3c2)COC1. The van der Waals surface area contributed by atoms with Crippen molar-refractivity contribution in [1.29, 1.82) is 0 Å². The van der Waals surface area contributed by atoms with E-state index in [4.69, 9.17) is 14.9 Å². The molecule has 1 aromatic carbocycles. The van der Waals surface area contributed by atoms with Crippen LogP contribution in [0.2, 0.25) is 0 Å². The summed E-state index contributed by atoms with van der Waals surface area (Å²) in [7, 11) is 0. The zero-order chi connectivity index (χ0) is 13.5. The van der Waals surface area contributed by atoms with E-state index in [2.05, 4.69) is 11.9 Å². The molecule has 0 bridgehead atoms. The lowest BCUT2D eigenvalue weighted by atomic mass is 9.68. The molecule has 2 aromatic rings. The highest BCUT2D eigenvalue weighted by atomic mass is 16.5. The van der Waals surface area contributed by atoms with Gasteiger partial charge < -0.3 is 14.9 Å². The van der Waals surface area contributed by atoms with E-state index in [0.29, 0.717) is 31.3 Å². The molecule has 0 spiro atoms. The van der Waals surface area contributed by atoms with Crippen LogP contribution < -0.4 is 11.5 Å². The van der Waals surface area contributed by atoms with Crippen LogP contribution in [0.25, 0.3) is 11.1 Å². The molecule has 1 aromatic heterocycles. The molecule has 5 heteroatoms. The zero-order valence-corrected chi connectivity index (χ0v) is 10.9. The van der Waals surface area contributed by atoms with Crippen molar-refractivity contribution in [3.8, 4) is 0 Å². The Bertz CT molecular complexity index is 639. The fourth-order valence-electron chi connectivity index (χ4n) is 2.84. The van der Waals surface area contributed by atoms with Crippen molar-refractivity contribution < 1.29 is 9.15 Å². The summed E-state index contributed by atoms with van der Waals surface area (Å²) in [6.07, 6.45) is 0.957. The van der Waals surface area contributed by atoms with Crippen molar-refractivity contribution in [2.75, 3.05) is 19.8 Å². The van der Waals surface area contributed by atoms with Crippen LogP contribution in [0, 0.1) is 5.92 Å². The summed E-state index contributed by atoms with van der Waals surface area (Å²) < 4.78 is 10.6. The van der Waals surface area contributed by atoms with E-state index in [-0.39, 0.29) is 5.41 Å². The normalized spacial score (nSPS) is 19.3. The molecule has 1 aliphatic heterocycles. The molecule has 0 aliphatic carbocycles. The maximum atomic E-state index is 11.2. The molecule has 3 rings (SSSR count). The minimum absolute atomic E-state index is 0.00337. The maximum absolute atomic E-state index is 11.2. The summed E-state index contributed by atoms with van der Waals surface area (Å²) in [6.45, 7) is 4.28. The third-order valence-corrected chi connectivity index (χ3v) is 4.26. The molecule has 1 atom stereocenters. The summed E-state index contributed by atoms with van der Waals surface area (Å²) >= 11 is 0. The minimum Gasteiger partial charge on any atom is -0.408 e. The maximum Gasteiger partial charge on any atom is 0.417 e. The molecule has 102 valence electrons. The summed E-state index contributed by atoms with van der Waals surface area (Å²) in [4.78, 5) is 13.9. The lowest BCUT2D eigenvalue weighted by Gasteiger charge is -2.46. The second kappa shape index (κ2) is 4.51. The number of H-pyrrole nitrogens is 1. The van der Waals surface area contributed by atoms with Gasteiger partial charge in [-0.3, -0.25) is 4.98 Å². The van der Waals surface area contributed by atoms with Gasteiger partial charge in [0.1, 0.15) is 0 Å². The minimum atomic E-state index is -0.416. The predicted molar refractivity (Wildman–Crippen MR) is 72.2 cm³/mol. The van der Waals surface area contributed by atoms with Gasteiger partial charge in [-0.25, -0.2) is 4.79 Å². The van der Waals surface area contributed by atoms with Gasteiger partial charge in [0.05, 0.1) is 18.7 Å². The molecule has 1 aliphatic rings. The summed E-state index contributed by atoms with van der Waals surface area (Å²) in [5.41, 5.74) is 8.17. The van der Waals surface area contributed by atoms with E-state index in [9.17, 15) is 4.79 Å². The average Bonchev–Trinajstić information content (AvgIpc) is 2.67. The standard InChI is InChI=1S/C14H18N2O3/c1-9(4-5-15)14(7-18-8-14)10-2-3-11-12(6-10)19-13(17)16-11/h2-3,6,9H,4-5,7-8,15H2,1H3,(H,16,17). The highest BCUT2D eigenvalue weighted by Gasteiger charge is 2.44. The first-order valence-electron chi connectivity index (χ1n) is 6.57. The zero-order valence-electron chi connectivity index (χ0n) is 10.9. The Labute approximate surface area is 110 Å². The number of rotatable bonds is 4. The highest BCUT2D eigenvalue weighted by molar-refractivity contribution is 5.73. The first kappa shape index (κ1) is 12.4. The van der Waals surface area contributed by atoms with Crippen LogP contribution in [-0.2, 0) is 10.2 Å². The van der Waals surface area contributed by atoms with Crippen LogP contribution in [-0.4, -0.2) is 24.7 Å². The Morgan fingerprint density at radius 3 is 2.89 bits per heavy atom. The topological polar surface area (TPSA) is 81.3 Å². The average molecular weight is 262 g/mol. The summed E-state index contributed by atoms with van der Waals surface area (Å²) in [5.74, 6) is 0.0235. The second-order valence-electron chi connectivity index (χ2n) is 5.35. The highest BCUT2D eigenvalue weighted by Crippen LogP contribution is 2.41. The lowest BCUT2D eigenvalue weighted by molar-refractivity contribution is -0.0882. The number of aromatic nitrogens is 1. The summed E-state index contributed by atoms with van der Waals surface area (Å²) in [5, 5.41) is 0. The predicted octanol–water partition coefficient (Wildman–Crippen LogP) is 1.37. The first-order chi connectivity index (χ1) is 9.15. The number of hydrogen-bond acceptors (Lipinski definition) is 4. The van der Waals surface area contributed by atoms with Gasteiger partial charge in [0.2, 0.25) is 0 Å². The number of benzene rings is 1. The van der Waals surface area contributed by atoms with Crippen molar-refractivity contribution in [3.05, 3.63) is 34.3 Å². The van der Waals surface area contributed by atoms with Crippen molar-refractivity contribution >= 4 is 11.1 Å². The van der Waals surface area contributed by atoms with Crippen molar-refractivity contribution in [1.82, 2.24) is 4.98 Å². The molecular formula is C14H18N2O3. The van der Waals surface area contributed by atoms with E-state index >= 15 is 0 Å². The van der Waals surface area contributed by atoms with Crippen LogP contribution in [0.1, 0.15) is 18.9 Å². The Morgan fingerprint density at radius 2 is 2.26 bits per heavy atom. The molecule has 0 radical (unpaired) electrons. The third kappa shape index (κ3) is 1.89. The number of fused-ring (bicyclic) bond motifs is 1. The Morgan fingerprint density at radius 1 is 1.47 bits per heavy atom. The molecule has 0 saturated carbocycles. The Kier molecular flexibility index (Phi) is 2.95. The van der Waals surface area contributed by atoms with Gasteiger partial charge in [0.25, 0.3) is 0 Å². The van der Waals surface area contributed by atoms with Gasteiger partial charge >= 0.3 is 5.76 Å². The molecular weight excluding hydrogens is 244 g/mol. The van der Waals surface area contributed by atoms with Crippen molar-refractivity contribution in [3.63, 3.8) is 0 Å². The quantitative estimate of drug-likeness (QED) is 0.872. The van der Waals surface area contributed by atoms with Crippen LogP contribution in [0.4, 0.5) is 0 Å². The fraction of sp³-hybridized carbons (Fsp3) is 0.500. The van der Waals surface area contributed by atoms with E-state index < -0.39 is 5.76 Å². The molecule has 1 fully saturated rings. The van der Waals surface area contributed by atoms with Gasteiger partial charge in [-0.05, 0) is 36.6 Å². The largest absolute Gasteiger partial charge is 0.417 e. The molecule has 0 amide bonds. The number of oxazole rings is 1. The lowest BCUT2D eigenvalue weighted by Crippen LogP contribution is -2.52. The number of aromatic amines is 1. The molecule has 3 N–H and O–H groups in total. The van der Waals surface area contributed by atoms with Crippen LogP contribution in [0.5, 0.6) is 0 Å². The number of hydrogen-bond donors (Lipinski definition) is 2. The molecule has 1 unspecified atom stereocenters. The molecule has 1 saturated heterocycles. The van der Waals surface area contributed by atoms with Gasteiger partial charge in [0, 0.05) is 5.41 Å². The smallest absolute Gasteiger partial charge is 0.408 e. The van der Waals surface area contributed by atoms with Crippen LogP contribution in [0.15, 0.2) is 27.4 Å². The van der Waals surface area contributed by atoms with Gasteiger partial charge in [-0.15, -0.1) is 0 Å². The Hall–Kier alpha value is -1.59. The third-order valence-electron chi connectivity index (χ3n) is 4.26.